The van der Waals surface area contributed by atoms with E-state index in [0.717, 1.165) is 11.1 Å². The van der Waals surface area contributed by atoms with Crippen LogP contribution in [0.1, 0.15) is 19.4 Å². The highest BCUT2D eigenvalue weighted by molar-refractivity contribution is 6.61. The van der Waals surface area contributed by atoms with Gasteiger partial charge in [0.2, 0.25) is 0 Å². The predicted molar refractivity (Wildman–Crippen MR) is 65.1 cm³/mol. The molecule has 0 aromatic heterocycles. The van der Waals surface area contributed by atoms with Crippen LogP contribution in [0.25, 0.3) is 6.08 Å². The number of hydrogen-bond donors (Lipinski definition) is 0. The zero-order valence-electron chi connectivity index (χ0n) is 10.1. The van der Waals surface area contributed by atoms with Gasteiger partial charge < -0.3 is 9.31 Å². The third kappa shape index (κ3) is 3.19. The molecule has 1 aromatic rings. The van der Waals surface area contributed by atoms with Crippen molar-refractivity contribution >= 4 is 18.7 Å². The van der Waals surface area contributed by atoms with Crippen LogP contribution < -0.4 is 5.46 Å². The number of benzene rings is 1. The minimum Gasteiger partial charge on any atom is -0.410 e. The second-order valence-corrected chi connectivity index (χ2v) is 3.81. The van der Waals surface area contributed by atoms with Gasteiger partial charge in [-0.2, -0.15) is 0 Å². The van der Waals surface area contributed by atoms with Crippen LogP contribution in [0.5, 0.6) is 0 Å². The molecule has 0 N–H and O–H groups in total. The van der Waals surface area contributed by atoms with Gasteiger partial charge in [-0.15, -0.1) is 0 Å². The molecule has 0 atom stereocenters. The average molecular weight is 222 g/mol. The maximum atomic E-state index is 13.6. The fourth-order valence-electron chi connectivity index (χ4n) is 1.52. The summed E-state index contributed by atoms with van der Waals surface area (Å²) in [4.78, 5) is 0. The first kappa shape index (κ1) is 12.9. The van der Waals surface area contributed by atoms with Crippen LogP contribution >= 0.6 is 0 Å². The lowest BCUT2D eigenvalue weighted by molar-refractivity contribution is 0.290. The Hall–Kier alpha value is -1.13. The molecule has 1 rings (SSSR count). The molecule has 0 spiro atoms. The molecule has 0 aliphatic rings. The molecule has 0 bridgehead atoms. The third-order valence-electron chi connectivity index (χ3n) is 2.16. The highest BCUT2D eigenvalue weighted by Gasteiger charge is 2.22. The molecule has 16 heavy (non-hydrogen) atoms. The van der Waals surface area contributed by atoms with E-state index in [-0.39, 0.29) is 5.82 Å². The van der Waals surface area contributed by atoms with Crippen LogP contribution in [0.2, 0.25) is 0 Å². The molecule has 0 aliphatic heterocycles. The van der Waals surface area contributed by atoms with Gasteiger partial charge in [0.15, 0.2) is 0 Å². The first-order valence-electron chi connectivity index (χ1n) is 5.08. The lowest BCUT2D eigenvalue weighted by Crippen LogP contribution is -2.37. The van der Waals surface area contributed by atoms with Crippen LogP contribution in [0, 0.1) is 5.82 Å². The average Bonchev–Trinajstić information content (AvgIpc) is 2.23. The summed E-state index contributed by atoms with van der Waals surface area (Å²) >= 11 is 0. The van der Waals surface area contributed by atoms with Crippen LogP contribution in [-0.4, -0.2) is 21.3 Å². The summed E-state index contributed by atoms with van der Waals surface area (Å²) in [5.74, 6) is -0.320. The van der Waals surface area contributed by atoms with Gasteiger partial charge in [-0.05, 0) is 25.5 Å². The monoisotopic (exact) mass is 222 g/mol. The summed E-state index contributed by atoms with van der Waals surface area (Å²) in [6.07, 6.45) is 1.98. The summed E-state index contributed by atoms with van der Waals surface area (Å²) in [5, 5.41) is 0. The second kappa shape index (κ2) is 5.82. The highest BCUT2D eigenvalue weighted by Crippen LogP contribution is 2.07. The number of allylic oxidation sites excluding steroid dienone is 1. The fourth-order valence-corrected chi connectivity index (χ4v) is 1.52. The third-order valence-corrected chi connectivity index (χ3v) is 2.16. The van der Waals surface area contributed by atoms with Crippen molar-refractivity contribution in [1.29, 1.82) is 0 Å². The van der Waals surface area contributed by atoms with Gasteiger partial charge in [-0.25, -0.2) is 4.39 Å². The van der Waals surface area contributed by atoms with Crippen molar-refractivity contribution in [3.8, 4) is 0 Å². The van der Waals surface area contributed by atoms with E-state index in [2.05, 4.69) is 0 Å². The van der Waals surface area contributed by atoms with E-state index < -0.39 is 7.12 Å². The smallest absolute Gasteiger partial charge is 0.410 e. The topological polar surface area (TPSA) is 18.5 Å². The van der Waals surface area contributed by atoms with E-state index in [1.54, 1.807) is 12.1 Å². The molecular formula is C12H16BFO2. The number of halogens is 1. The summed E-state index contributed by atoms with van der Waals surface area (Å²) in [5.41, 5.74) is 2.51. The highest BCUT2D eigenvalue weighted by atomic mass is 19.1. The largest absolute Gasteiger partial charge is 0.496 e. The Morgan fingerprint density at radius 1 is 1.25 bits per heavy atom. The van der Waals surface area contributed by atoms with Crippen LogP contribution in [0.15, 0.2) is 23.8 Å². The van der Waals surface area contributed by atoms with Crippen molar-refractivity contribution in [2.45, 2.75) is 13.8 Å². The van der Waals surface area contributed by atoms with Crippen LogP contribution in [0.3, 0.4) is 0 Å². The molecule has 0 heterocycles. The summed E-state index contributed by atoms with van der Waals surface area (Å²) in [7, 11) is 2.31. The summed E-state index contributed by atoms with van der Waals surface area (Å²) < 4.78 is 23.6. The Kier molecular flexibility index (Phi) is 4.71. The predicted octanol–water partition coefficient (Wildman–Crippen LogP) is 2.24. The Morgan fingerprint density at radius 2 is 1.88 bits per heavy atom. The van der Waals surface area contributed by atoms with Crippen molar-refractivity contribution in [2.24, 2.45) is 0 Å². The molecule has 86 valence electrons. The summed E-state index contributed by atoms with van der Waals surface area (Å²) in [6.45, 7) is 3.99. The molecular weight excluding hydrogens is 206 g/mol. The van der Waals surface area contributed by atoms with Gasteiger partial charge in [0.05, 0.1) is 0 Å². The molecule has 4 heteroatoms. The summed E-state index contributed by atoms with van der Waals surface area (Å²) in [6, 6.07) is 4.89. The van der Waals surface area contributed by atoms with Crippen molar-refractivity contribution in [3.63, 3.8) is 0 Å². The molecule has 0 saturated carbocycles. The van der Waals surface area contributed by atoms with E-state index >= 15 is 0 Å². The van der Waals surface area contributed by atoms with Crippen LogP contribution in [-0.2, 0) is 9.31 Å². The lowest BCUT2D eigenvalue weighted by atomic mass is 9.78. The van der Waals surface area contributed by atoms with Gasteiger partial charge in [0, 0.05) is 19.7 Å². The normalized spacial score (nSPS) is 10.1. The molecule has 0 saturated heterocycles. The Bertz CT molecular complexity index is 383. The van der Waals surface area contributed by atoms with E-state index in [1.165, 1.54) is 20.3 Å². The Morgan fingerprint density at radius 3 is 2.38 bits per heavy atom. The molecule has 0 radical (unpaired) electrons. The van der Waals surface area contributed by atoms with E-state index in [0.29, 0.717) is 5.46 Å². The first-order chi connectivity index (χ1) is 7.58. The second-order valence-electron chi connectivity index (χ2n) is 3.81. The van der Waals surface area contributed by atoms with Crippen LogP contribution in [0.4, 0.5) is 4.39 Å². The quantitative estimate of drug-likeness (QED) is 0.727. The van der Waals surface area contributed by atoms with Gasteiger partial charge in [0.25, 0.3) is 0 Å². The van der Waals surface area contributed by atoms with Gasteiger partial charge in [-0.3, -0.25) is 0 Å². The van der Waals surface area contributed by atoms with Gasteiger partial charge >= 0.3 is 7.12 Å². The molecule has 0 unspecified atom stereocenters. The lowest BCUT2D eigenvalue weighted by Gasteiger charge is -2.10. The zero-order chi connectivity index (χ0) is 12.1. The zero-order valence-corrected chi connectivity index (χ0v) is 10.1. The fraction of sp³-hybridized carbons (Fsp3) is 0.333. The Labute approximate surface area is 96.2 Å². The Balaban J connectivity index is 3.12. The molecule has 0 aliphatic carbocycles. The van der Waals surface area contributed by atoms with Crippen molar-refractivity contribution in [1.82, 2.24) is 0 Å². The number of hydrogen-bond acceptors (Lipinski definition) is 2. The first-order valence-corrected chi connectivity index (χ1v) is 5.08. The standard InChI is InChI=1S/C12H16BFO2/c1-9(2)7-10-5-6-12(14)11(8-10)13(15-3)16-4/h5-8H,1-4H3. The molecule has 0 fully saturated rings. The minimum absolute atomic E-state index is 0.320. The van der Waals surface area contributed by atoms with Gasteiger partial charge in [0.1, 0.15) is 5.82 Å². The minimum atomic E-state index is -0.662. The molecule has 1 aromatic carbocycles. The van der Waals surface area contributed by atoms with Crippen molar-refractivity contribution in [3.05, 3.63) is 35.2 Å². The maximum absolute atomic E-state index is 13.6. The van der Waals surface area contributed by atoms with Crippen molar-refractivity contribution < 1.29 is 13.7 Å². The molecule has 2 nitrogen and oxygen atoms in total. The van der Waals surface area contributed by atoms with E-state index in [1.807, 2.05) is 19.9 Å². The van der Waals surface area contributed by atoms with Gasteiger partial charge in [-0.1, -0.05) is 23.8 Å². The van der Waals surface area contributed by atoms with E-state index in [9.17, 15) is 4.39 Å². The molecule has 0 amide bonds. The number of rotatable bonds is 4. The SMILES string of the molecule is COB(OC)c1cc(C=C(C)C)ccc1F. The van der Waals surface area contributed by atoms with Crippen molar-refractivity contribution in [2.75, 3.05) is 14.2 Å². The van der Waals surface area contributed by atoms with E-state index in [4.69, 9.17) is 9.31 Å². The maximum Gasteiger partial charge on any atom is 0.496 e.